The van der Waals surface area contributed by atoms with Gasteiger partial charge < -0.3 is 10.2 Å². The number of hydrogen-bond acceptors (Lipinski definition) is 5. The maximum atomic E-state index is 12.7. The van der Waals surface area contributed by atoms with Crippen molar-refractivity contribution >= 4 is 35.3 Å². The van der Waals surface area contributed by atoms with Crippen LogP contribution in [0, 0.1) is 0 Å². The summed E-state index contributed by atoms with van der Waals surface area (Å²) in [4.78, 5) is 34.6. The van der Waals surface area contributed by atoms with Gasteiger partial charge in [-0.25, -0.2) is 4.98 Å². The molecule has 7 nitrogen and oxygen atoms in total. The Bertz CT molecular complexity index is 1180. The molecular formula is C25H27N5O2S. The van der Waals surface area contributed by atoms with Gasteiger partial charge in [0, 0.05) is 38.3 Å². The van der Waals surface area contributed by atoms with Gasteiger partial charge in [0.25, 0.3) is 11.8 Å². The SMILES string of the molecule is O=C(NCCCCN1CCN(C(=O)c2ccccc2)CC1)C1=Cc2cnc3cccc(n23)S1. The molecule has 0 atom stereocenters. The summed E-state index contributed by atoms with van der Waals surface area (Å²) in [5.74, 6) is 0.0876. The topological polar surface area (TPSA) is 70.0 Å². The molecule has 2 aliphatic heterocycles. The molecule has 4 heterocycles. The van der Waals surface area contributed by atoms with Crippen molar-refractivity contribution in [1.82, 2.24) is 24.5 Å². The lowest BCUT2D eigenvalue weighted by atomic mass is 10.2. The summed E-state index contributed by atoms with van der Waals surface area (Å²) in [6.07, 6.45) is 5.66. The molecule has 0 aliphatic carbocycles. The van der Waals surface area contributed by atoms with E-state index in [0.717, 1.165) is 67.5 Å². The zero-order valence-corrected chi connectivity index (χ0v) is 19.3. The maximum Gasteiger partial charge on any atom is 0.258 e. The fraction of sp³-hybridized carbons (Fsp3) is 0.320. The molecule has 8 heteroatoms. The van der Waals surface area contributed by atoms with Crippen LogP contribution in [0.4, 0.5) is 0 Å². The van der Waals surface area contributed by atoms with Crippen molar-refractivity contribution in [2.45, 2.75) is 17.9 Å². The average Bonchev–Trinajstić information content (AvgIpc) is 3.28. The number of benzene rings is 1. The minimum atomic E-state index is -0.0301. The molecule has 2 aliphatic rings. The Balaban J connectivity index is 1.02. The van der Waals surface area contributed by atoms with Gasteiger partial charge in [-0.2, -0.15) is 0 Å². The van der Waals surface area contributed by atoms with Crippen LogP contribution in [0.2, 0.25) is 0 Å². The van der Waals surface area contributed by atoms with Gasteiger partial charge in [0.2, 0.25) is 0 Å². The lowest BCUT2D eigenvalue weighted by molar-refractivity contribution is -0.116. The minimum Gasteiger partial charge on any atom is -0.352 e. The highest BCUT2D eigenvalue weighted by molar-refractivity contribution is 8.04. The highest BCUT2D eigenvalue weighted by Crippen LogP contribution is 2.34. The van der Waals surface area contributed by atoms with Crippen molar-refractivity contribution in [2.24, 2.45) is 0 Å². The third kappa shape index (κ3) is 4.82. The van der Waals surface area contributed by atoms with Crippen LogP contribution in [0.15, 0.2) is 64.7 Å². The minimum absolute atomic E-state index is 0.0301. The van der Waals surface area contributed by atoms with Crippen molar-refractivity contribution in [3.63, 3.8) is 0 Å². The standard InChI is InChI=1S/C25H27N5O2S/c31-24(21-17-20-18-27-22-9-6-10-23(33-21)30(20)22)26-11-4-5-12-28-13-15-29(16-14-28)25(32)19-7-2-1-3-8-19/h1-3,6-10,17-18H,4-5,11-16H2,(H,26,31). The number of imidazole rings is 1. The van der Waals surface area contributed by atoms with Gasteiger partial charge in [0.1, 0.15) is 5.65 Å². The van der Waals surface area contributed by atoms with E-state index in [0.29, 0.717) is 11.4 Å². The summed E-state index contributed by atoms with van der Waals surface area (Å²) < 4.78 is 2.06. The highest BCUT2D eigenvalue weighted by Gasteiger charge is 2.22. The number of aromatic nitrogens is 2. The number of piperazine rings is 1. The Kier molecular flexibility index (Phi) is 6.46. The van der Waals surface area contributed by atoms with Crippen molar-refractivity contribution in [3.8, 4) is 0 Å². The van der Waals surface area contributed by atoms with Crippen LogP contribution in [0.25, 0.3) is 11.7 Å². The van der Waals surface area contributed by atoms with Crippen molar-refractivity contribution in [2.75, 3.05) is 39.3 Å². The second kappa shape index (κ2) is 9.80. The van der Waals surface area contributed by atoms with E-state index in [-0.39, 0.29) is 11.8 Å². The molecule has 2 amide bonds. The number of nitrogens with one attached hydrogen (secondary N) is 1. The second-order valence-corrected chi connectivity index (χ2v) is 9.38. The molecule has 1 N–H and O–H groups in total. The van der Waals surface area contributed by atoms with Gasteiger partial charge in [-0.15, -0.1) is 0 Å². The third-order valence-corrected chi connectivity index (χ3v) is 7.16. The molecule has 0 unspecified atom stereocenters. The number of unbranched alkanes of at least 4 members (excludes halogenated alkanes) is 1. The maximum absolute atomic E-state index is 12.7. The molecule has 33 heavy (non-hydrogen) atoms. The molecule has 3 aromatic rings. The van der Waals surface area contributed by atoms with E-state index in [1.807, 2.05) is 59.5 Å². The Morgan fingerprint density at radius 2 is 1.79 bits per heavy atom. The third-order valence-electron chi connectivity index (χ3n) is 6.11. The molecule has 170 valence electrons. The molecule has 1 aromatic carbocycles. The summed E-state index contributed by atoms with van der Waals surface area (Å²) in [6.45, 7) is 4.97. The van der Waals surface area contributed by atoms with Crippen molar-refractivity contribution in [1.29, 1.82) is 0 Å². The summed E-state index contributed by atoms with van der Waals surface area (Å²) in [5.41, 5.74) is 2.60. The van der Waals surface area contributed by atoms with Gasteiger partial charge in [0.15, 0.2) is 0 Å². The summed E-state index contributed by atoms with van der Waals surface area (Å²) in [5, 5.41) is 4.07. The number of rotatable bonds is 7. The van der Waals surface area contributed by atoms with E-state index >= 15 is 0 Å². The number of thioether (sulfide) groups is 1. The number of hydrogen-bond donors (Lipinski definition) is 1. The Morgan fingerprint density at radius 3 is 2.61 bits per heavy atom. The zero-order valence-electron chi connectivity index (χ0n) is 18.4. The number of amides is 2. The molecule has 0 saturated carbocycles. The second-order valence-electron chi connectivity index (χ2n) is 8.31. The lowest BCUT2D eigenvalue weighted by Crippen LogP contribution is -2.48. The molecule has 0 bridgehead atoms. The van der Waals surface area contributed by atoms with E-state index in [1.54, 1.807) is 6.20 Å². The van der Waals surface area contributed by atoms with Gasteiger partial charge in [-0.1, -0.05) is 36.0 Å². The summed E-state index contributed by atoms with van der Waals surface area (Å²) in [6, 6.07) is 15.4. The number of carbonyl (C=O) groups is 2. The fourth-order valence-electron chi connectivity index (χ4n) is 4.29. The summed E-state index contributed by atoms with van der Waals surface area (Å²) in [7, 11) is 0. The predicted molar refractivity (Wildman–Crippen MR) is 130 cm³/mol. The highest BCUT2D eigenvalue weighted by atomic mass is 32.2. The van der Waals surface area contributed by atoms with Crippen LogP contribution in [-0.4, -0.2) is 70.3 Å². The van der Waals surface area contributed by atoms with Crippen molar-refractivity contribution < 1.29 is 9.59 Å². The Labute approximate surface area is 197 Å². The first-order valence-corrected chi connectivity index (χ1v) is 12.2. The van der Waals surface area contributed by atoms with Crippen LogP contribution < -0.4 is 5.32 Å². The first-order valence-electron chi connectivity index (χ1n) is 11.4. The smallest absolute Gasteiger partial charge is 0.258 e. The molecule has 1 saturated heterocycles. The molecule has 2 aromatic heterocycles. The monoisotopic (exact) mass is 461 g/mol. The van der Waals surface area contributed by atoms with Crippen molar-refractivity contribution in [3.05, 3.63) is 70.9 Å². The Morgan fingerprint density at radius 1 is 0.970 bits per heavy atom. The summed E-state index contributed by atoms with van der Waals surface area (Å²) >= 11 is 1.48. The number of pyridine rings is 1. The van der Waals surface area contributed by atoms with Crippen LogP contribution in [0.1, 0.15) is 28.9 Å². The fourth-order valence-corrected chi connectivity index (χ4v) is 5.29. The molecule has 1 fully saturated rings. The van der Waals surface area contributed by atoms with E-state index in [1.165, 1.54) is 11.8 Å². The van der Waals surface area contributed by atoms with Crippen LogP contribution in [0.5, 0.6) is 0 Å². The largest absolute Gasteiger partial charge is 0.352 e. The average molecular weight is 462 g/mol. The van der Waals surface area contributed by atoms with Crippen LogP contribution in [-0.2, 0) is 4.79 Å². The zero-order chi connectivity index (χ0) is 22.6. The van der Waals surface area contributed by atoms with E-state index in [4.69, 9.17) is 0 Å². The molecule has 5 rings (SSSR count). The molecule has 0 radical (unpaired) electrons. The number of nitrogens with zero attached hydrogens (tertiary/aromatic N) is 4. The quantitative estimate of drug-likeness (QED) is 0.548. The molecular weight excluding hydrogens is 434 g/mol. The number of carbonyl (C=O) groups excluding carboxylic acids is 2. The predicted octanol–water partition coefficient (Wildman–Crippen LogP) is 3.14. The van der Waals surface area contributed by atoms with Gasteiger partial charge in [-0.3, -0.25) is 18.9 Å². The molecule has 0 spiro atoms. The van der Waals surface area contributed by atoms with Crippen LogP contribution in [0.3, 0.4) is 0 Å². The van der Waals surface area contributed by atoms with E-state index in [2.05, 4.69) is 19.6 Å². The normalized spacial score (nSPS) is 16.0. The first-order chi connectivity index (χ1) is 16.2. The van der Waals surface area contributed by atoms with Crippen LogP contribution >= 0.6 is 11.8 Å². The van der Waals surface area contributed by atoms with Gasteiger partial charge >= 0.3 is 0 Å². The Hall–Kier alpha value is -3.10. The first kappa shape index (κ1) is 21.7. The van der Waals surface area contributed by atoms with Gasteiger partial charge in [-0.05, 0) is 49.7 Å². The van der Waals surface area contributed by atoms with E-state index < -0.39 is 0 Å². The van der Waals surface area contributed by atoms with Gasteiger partial charge in [0.05, 0.1) is 21.8 Å². The van der Waals surface area contributed by atoms with E-state index in [9.17, 15) is 9.59 Å². The lowest BCUT2D eigenvalue weighted by Gasteiger charge is -2.34.